The van der Waals surface area contributed by atoms with Crippen molar-refractivity contribution >= 4 is 11.8 Å². The minimum Gasteiger partial charge on any atom is -0.469 e. The fourth-order valence-corrected chi connectivity index (χ4v) is 3.13. The summed E-state index contributed by atoms with van der Waals surface area (Å²) in [7, 11) is 1.36. The Kier molecular flexibility index (Phi) is 4.21. The molecule has 1 saturated heterocycles. The molecule has 0 unspecified atom stereocenters. The van der Waals surface area contributed by atoms with Gasteiger partial charge in [0.15, 0.2) is 0 Å². The van der Waals surface area contributed by atoms with Gasteiger partial charge in [-0.2, -0.15) is 0 Å². The highest BCUT2D eigenvalue weighted by molar-refractivity contribution is 5.91. The zero-order chi connectivity index (χ0) is 14.1. The van der Waals surface area contributed by atoms with E-state index in [0.29, 0.717) is 12.8 Å². The SMILES string of the molecule is CCC(=O)[C@@H]1[C@](C)(C(=O)OC)[C@@H](C)O[C@@]1(C)CC. The average molecular weight is 256 g/mol. The molecular weight excluding hydrogens is 232 g/mol. The van der Waals surface area contributed by atoms with E-state index in [1.54, 1.807) is 6.92 Å². The molecule has 0 aromatic carbocycles. The van der Waals surface area contributed by atoms with Gasteiger partial charge < -0.3 is 9.47 Å². The number of Topliss-reactive ketones (excluding diaryl/α,β-unsaturated/α-hetero) is 1. The van der Waals surface area contributed by atoms with E-state index in [2.05, 4.69) is 0 Å². The lowest BCUT2D eigenvalue weighted by Crippen LogP contribution is -2.48. The molecule has 104 valence electrons. The summed E-state index contributed by atoms with van der Waals surface area (Å²) in [6.45, 7) is 9.33. The van der Waals surface area contributed by atoms with E-state index in [0.717, 1.165) is 0 Å². The van der Waals surface area contributed by atoms with Gasteiger partial charge in [0.1, 0.15) is 11.2 Å². The minimum atomic E-state index is -0.896. The zero-order valence-corrected chi connectivity index (χ0v) is 12.2. The van der Waals surface area contributed by atoms with Crippen LogP contribution in [0.4, 0.5) is 0 Å². The molecule has 0 N–H and O–H groups in total. The van der Waals surface area contributed by atoms with Gasteiger partial charge >= 0.3 is 5.97 Å². The molecule has 1 aliphatic rings. The van der Waals surface area contributed by atoms with Crippen LogP contribution in [0.1, 0.15) is 47.5 Å². The first-order valence-corrected chi connectivity index (χ1v) is 6.56. The monoisotopic (exact) mass is 256 g/mol. The van der Waals surface area contributed by atoms with Crippen molar-refractivity contribution < 1.29 is 19.1 Å². The smallest absolute Gasteiger partial charge is 0.315 e. The largest absolute Gasteiger partial charge is 0.469 e. The lowest BCUT2D eigenvalue weighted by molar-refractivity contribution is -0.158. The van der Waals surface area contributed by atoms with Crippen LogP contribution in [0.2, 0.25) is 0 Å². The van der Waals surface area contributed by atoms with Gasteiger partial charge in [0.05, 0.1) is 24.7 Å². The topological polar surface area (TPSA) is 52.6 Å². The average Bonchev–Trinajstić information content (AvgIpc) is 2.57. The normalized spacial score (nSPS) is 39.7. The Balaban J connectivity index is 3.30. The predicted octanol–water partition coefficient (Wildman–Crippen LogP) is 2.35. The van der Waals surface area contributed by atoms with Crippen LogP contribution in [0.25, 0.3) is 0 Å². The van der Waals surface area contributed by atoms with Crippen LogP contribution in [-0.4, -0.2) is 30.6 Å². The molecule has 4 nitrogen and oxygen atoms in total. The third-order valence-electron chi connectivity index (χ3n) is 4.50. The Morgan fingerprint density at radius 2 is 1.83 bits per heavy atom. The van der Waals surface area contributed by atoms with Gasteiger partial charge in [0.25, 0.3) is 0 Å². The van der Waals surface area contributed by atoms with Crippen molar-refractivity contribution in [3.63, 3.8) is 0 Å². The van der Waals surface area contributed by atoms with Crippen LogP contribution in [0.3, 0.4) is 0 Å². The van der Waals surface area contributed by atoms with Crippen LogP contribution in [-0.2, 0) is 19.1 Å². The summed E-state index contributed by atoms with van der Waals surface area (Å²) in [5.74, 6) is -0.738. The zero-order valence-electron chi connectivity index (χ0n) is 12.2. The number of methoxy groups -OCH3 is 1. The van der Waals surface area contributed by atoms with E-state index in [1.807, 2.05) is 27.7 Å². The van der Waals surface area contributed by atoms with E-state index in [4.69, 9.17) is 9.47 Å². The van der Waals surface area contributed by atoms with Gasteiger partial charge in [0.2, 0.25) is 0 Å². The second-order valence-corrected chi connectivity index (χ2v) is 5.45. The highest BCUT2D eigenvalue weighted by Gasteiger charge is 2.63. The van der Waals surface area contributed by atoms with Crippen molar-refractivity contribution in [2.45, 2.75) is 59.2 Å². The highest BCUT2D eigenvalue weighted by atomic mass is 16.5. The maximum Gasteiger partial charge on any atom is 0.315 e. The van der Waals surface area contributed by atoms with E-state index in [-0.39, 0.29) is 17.9 Å². The Morgan fingerprint density at radius 1 is 1.28 bits per heavy atom. The summed E-state index contributed by atoms with van der Waals surface area (Å²) in [4.78, 5) is 24.4. The number of esters is 1. The number of ketones is 1. The lowest BCUT2D eigenvalue weighted by Gasteiger charge is -2.34. The fourth-order valence-electron chi connectivity index (χ4n) is 3.13. The van der Waals surface area contributed by atoms with Crippen molar-refractivity contribution in [3.8, 4) is 0 Å². The maximum absolute atomic E-state index is 12.3. The molecule has 0 saturated carbocycles. The molecule has 0 amide bonds. The molecule has 1 rings (SSSR count). The van der Waals surface area contributed by atoms with Crippen LogP contribution in [0.15, 0.2) is 0 Å². The fraction of sp³-hybridized carbons (Fsp3) is 0.857. The number of hydrogen-bond donors (Lipinski definition) is 0. The standard InChI is InChI=1S/C14H24O4/c1-7-10(15)11-13(4,8-2)18-9(3)14(11,5)12(16)17-6/h9,11H,7-8H2,1-6H3/t9-,11+,13+,14-/m1/s1. The molecule has 1 fully saturated rings. The van der Waals surface area contributed by atoms with E-state index < -0.39 is 16.9 Å². The van der Waals surface area contributed by atoms with Gasteiger partial charge in [-0.05, 0) is 27.2 Å². The molecule has 0 aromatic heterocycles. The van der Waals surface area contributed by atoms with Gasteiger partial charge in [-0.25, -0.2) is 0 Å². The molecule has 4 heteroatoms. The summed E-state index contributed by atoms with van der Waals surface area (Å²) in [6.07, 6.45) is 0.777. The molecular formula is C14H24O4. The Morgan fingerprint density at radius 3 is 2.22 bits per heavy atom. The third kappa shape index (κ3) is 1.96. The van der Waals surface area contributed by atoms with Gasteiger partial charge in [-0.3, -0.25) is 9.59 Å². The maximum atomic E-state index is 12.3. The van der Waals surface area contributed by atoms with Gasteiger partial charge in [0, 0.05) is 6.42 Å². The summed E-state index contributed by atoms with van der Waals surface area (Å²) in [5, 5.41) is 0. The van der Waals surface area contributed by atoms with Crippen molar-refractivity contribution in [3.05, 3.63) is 0 Å². The Bertz CT molecular complexity index is 352. The highest BCUT2D eigenvalue weighted by Crippen LogP contribution is 2.52. The summed E-state index contributed by atoms with van der Waals surface area (Å²) >= 11 is 0. The van der Waals surface area contributed by atoms with Gasteiger partial charge in [-0.15, -0.1) is 0 Å². The molecule has 0 aliphatic carbocycles. The molecule has 0 radical (unpaired) electrons. The minimum absolute atomic E-state index is 0.0663. The Hall–Kier alpha value is -0.900. The van der Waals surface area contributed by atoms with E-state index >= 15 is 0 Å². The summed E-state index contributed by atoms with van der Waals surface area (Å²) in [5.41, 5.74) is -1.48. The molecule has 0 aromatic rings. The van der Waals surface area contributed by atoms with Crippen molar-refractivity contribution in [2.24, 2.45) is 11.3 Å². The van der Waals surface area contributed by atoms with Crippen LogP contribution in [0, 0.1) is 11.3 Å². The van der Waals surface area contributed by atoms with Crippen molar-refractivity contribution in [1.29, 1.82) is 0 Å². The number of hydrogen-bond acceptors (Lipinski definition) is 4. The van der Waals surface area contributed by atoms with Crippen molar-refractivity contribution in [2.75, 3.05) is 7.11 Å². The van der Waals surface area contributed by atoms with Crippen LogP contribution in [0.5, 0.6) is 0 Å². The summed E-state index contributed by atoms with van der Waals surface area (Å²) < 4.78 is 10.8. The molecule has 0 bridgehead atoms. The summed E-state index contributed by atoms with van der Waals surface area (Å²) in [6, 6.07) is 0. The van der Waals surface area contributed by atoms with Gasteiger partial charge in [-0.1, -0.05) is 13.8 Å². The molecule has 1 aliphatic heterocycles. The second kappa shape index (κ2) is 5.00. The van der Waals surface area contributed by atoms with Crippen molar-refractivity contribution in [1.82, 2.24) is 0 Å². The first-order chi connectivity index (χ1) is 8.27. The van der Waals surface area contributed by atoms with Crippen LogP contribution < -0.4 is 0 Å². The van der Waals surface area contributed by atoms with E-state index in [9.17, 15) is 9.59 Å². The second-order valence-electron chi connectivity index (χ2n) is 5.45. The predicted molar refractivity (Wildman–Crippen MR) is 68.2 cm³/mol. The number of carbonyl (C=O) groups excluding carboxylic acids is 2. The molecule has 0 spiro atoms. The Labute approximate surface area is 109 Å². The molecule has 1 heterocycles. The molecule has 4 atom stereocenters. The van der Waals surface area contributed by atoms with Crippen LogP contribution >= 0.6 is 0 Å². The third-order valence-corrected chi connectivity index (χ3v) is 4.50. The quantitative estimate of drug-likeness (QED) is 0.724. The first-order valence-electron chi connectivity index (χ1n) is 6.56. The molecule has 18 heavy (non-hydrogen) atoms. The lowest BCUT2D eigenvalue weighted by atomic mass is 9.66. The number of ether oxygens (including phenoxy) is 2. The number of rotatable bonds is 4. The first kappa shape index (κ1) is 15.2. The number of carbonyl (C=O) groups is 2. The van der Waals surface area contributed by atoms with E-state index in [1.165, 1.54) is 7.11 Å².